The molecule has 2 aromatic rings. The summed E-state index contributed by atoms with van der Waals surface area (Å²) in [5, 5.41) is 8.90. The molecule has 7 heteroatoms. The van der Waals surface area contributed by atoms with Gasteiger partial charge in [-0.25, -0.2) is 4.79 Å². The molecule has 1 heterocycles. The average Bonchev–Trinajstić information content (AvgIpc) is 2.71. The smallest absolute Gasteiger partial charge is 0.387 e. The van der Waals surface area contributed by atoms with Gasteiger partial charge in [0.05, 0.1) is 5.69 Å². The molecule has 0 unspecified atom stereocenters. The van der Waals surface area contributed by atoms with E-state index >= 15 is 0 Å². The Morgan fingerprint density at radius 1 is 1.32 bits per heavy atom. The van der Waals surface area contributed by atoms with E-state index in [-0.39, 0.29) is 16.3 Å². The summed E-state index contributed by atoms with van der Waals surface area (Å²) >= 11 is 1.03. The van der Waals surface area contributed by atoms with Crippen LogP contribution >= 0.6 is 11.3 Å². The average molecular weight is 285 g/mol. The Hall–Kier alpha value is -2.15. The Bertz CT molecular complexity index is 596. The second-order valence-electron chi connectivity index (χ2n) is 3.60. The van der Waals surface area contributed by atoms with E-state index in [9.17, 15) is 13.6 Å². The lowest BCUT2D eigenvalue weighted by Gasteiger charge is -2.04. The first-order valence-corrected chi connectivity index (χ1v) is 5.97. The number of carboxylic acid groups (broad SMARTS) is 1. The Balaban J connectivity index is 2.27. The van der Waals surface area contributed by atoms with Gasteiger partial charge in [-0.3, -0.25) is 0 Å². The van der Waals surface area contributed by atoms with Gasteiger partial charge >= 0.3 is 12.6 Å². The number of carbonyl (C=O) groups is 1. The molecule has 0 atom stereocenters. The van der Waals surface area contributed by atoms with Crippen molar-refractivity contribution in [3.63, 3.8) is 0 Å². The molecule has 4 nitrogen and oxygen atoms in total. The number of rotatable bonds is 4. The first-order chi connectivity index (χ1) is 8.97. The number of nitrogen functional groups attached to an aromatic ring is 1. The third-order valence-electron chi connectivity index (χ3n) is 2.32. The van der Waals surface area contributed by atoms with Crippen molar-refractivity contribution in [2.45, 2.75) is 6.61 Å². The maximum atomic E-state index is 12.0. The van der Waals surface area contributed by atoms with Crippen molar-refractivity contribution in [2.75, 3.05) is 5.73 Å². The predicted octanol–water partition coefficient (Wildman–Crippen LogP) is 3.30. The van der Waals surface area contributed by atoms with Crippen molar-refractivity contribution >= 4 is 23.0 Å². The molecule has 0 bridgehead atoms. The number of hydrogen-bond acceptors (Lipinski definition) is 4. The number of halogens is 2. The van der Waals surface area contributed by atoms with Gasteiger partial charge in [0.2, 0.25) is 0 Å². The molecule has 1 aromatic carbocycles. The predicted molar refractivity (Wildman–Crippen MR) is 67.8 cm³/mol. The van der Waals surface area contributed by atoms with Crippen molar-refractivity contribution in [1.82, 2.24) is 0 Å². The zero-order chi connectivity index (χ0) is 14.0. The molecule has 0 aliphatic heterocycles. The molecule has 19 heavy (non-hydrogen) atoms. The van der Waals surface area contributed by atoms with E-state index in [4.69, 9.17) is 10.8 Å². The molecular formula is C12H9F2NO3S. The van der Waals surface area contributed by atoms with Crippen LogP contribution in [0.15, 0.2) is 30.3 Å². The van der Waals surface area contributed by atoms with Gasteiger partial charge in [-0.2, -0.15) is 8.78 Å². The first-order valence-electron chi connectivity index (χ1n) is 5.15. The first kappa shape index (κ1) is 13.3. The quantitative estimate of drug-likeness (QED) is 0.904. The van der Waals surface area contributed by atoms with E-state index in [1.54, 1.807) is 12.1 Å². The summed E-state index contributed by atoms with van der Waals surface area (Å²) < 4.78 is 28.2. The molecule has 100 valence electrons. The SMILES string of the molecule is Nc1cc(-c2ccc(OC(F)F)cc2)sc1C(=O)O. The van der Waals surface area contributed by atoms with Crippen LogP contribution in [0.4, 0.5) is 14.5 Å². The van der Waals surface area contributed by atoms with Gasteiger partial charge in [0.25, 0.3) is 0 Å². The monoisotopic (exact) mass is 285 g/mol. The summed E-state index contributed by atoms with van der Waals surface area (Å²) in [6.07, 6.45) is 0. The third-order valence-corrected chi connectivity index (χ3v) is 3.51. The van der Waals surface area contributed by atoms with E-state index in [1.165, 1.54) is 18.2 Å². The van der Waals surface area contributed by atoms with Crippen LogP contribution in [0.5, 0.6) is 5.75 Å². The minimum absolute atomic E-state index is 0.0433. The Labute approximate surface area is 111 Å². The molecule has 0 amide bonds. The summed E-state index contributed by atoms with van der Waals surface area (Å²) in [6, 6.07) is 7.44. The fourth-order valence-electron chi connectivity index (χ4n) is 1.52. The summed E-state index contributed by atoms with van der Waals surface area (Å²) in [5.74, 6) is -1.05. The van der Waals surface area contributed by atoms with Crippen LogP contribution in [0.2, 0.25) is 0 Å². The number of alkyl halides is 2. The van der Waals surface area contributed by atoms with Crippen LogP contribution in [0.1, 0.15) is 9.67 Å². The van der Waals surface area contributed by atoms with Gasteiger partial charge in [0, 0.05) is 4.88 Å². The largest absolute Gasteiger partial charge is 0.477 e. The normalized spacial score (nSPS) is 10.7. The topological polar surface area (TPSA) is 72.5 Å². The van der Waals surface area contributed by atoms with Crippen LogP contribution in [0.3, 0.4) is 0 Å². The minimum Gasteiger partial charge on any atom is -0.477 e. The lowest BCUT2D eigenvalue weighted by molar-refractivity contribution is -0.0498. The molecular weight excluding hydrogens is 276 g/mol. The molecule has 3 N–H and O–H groups in total. The van der Waals surface area contributed by atoms with Crippen molar-refractivity contribution in [3.05, 3.63) is 35.2 Å². The van der Waals surface area contributed by atoms with Gasteiger partial charge in [-0.15, -0.1) is 11.3 Å². The highest BCUT2D eigenvalue weighted by Gasteiger charge is 2.14. The zero-order valence-corrected chi connectivity index (χ0v) is 10.3. The molecule has 2 rings (SSSR count). The van der Waals surface area contributed by atoms with Gasteiger partial charge in [0.1, 0.15) is 10.6 Å². The third kappa shape index (κ3) is 3.00. The fourth-order valence-corrected chi connectivity index (χ4v) is 2.44. The lowest BCUT2D eigenvalue weighted by Crippen LogP contribution is -2.01. The Morgan fingerprint density at radius 2 is 1.95 bits per heavy atom. The maximum absolute atomic E-state index is 12.0. The molecule has 0 spiro atoms. The second kappa shape index (κ2) is 5.23. The maximum Gasteiger partial charge on any atom is 0.387 e. The number of aromatic carboxylic acids is 1. The molecule has 0 saturated carbocycles. The molecule has 1 aromatic heterocycles. The van der Waals surface area contributed by atoms with Gasteiger partial charge in [-0.05, 0) is 35.9 Å². The number of benzene rings is 1. The van der Waals surface area contributed by atoms with Crippen molar-refractivity contribution in [1.29, 1.82) is 0 Å². The van der Waals surface area contributed by atoms with E-state index in [2.05, 4.69) is 4.74 Å². The molecule has 0 fully saturated rings. The van der Waals surface area contributed by atoms with Gasteiger partial charge in [0.15, 0.2) is 0 Å². The highest BCUT2D eigenvalue weighted by atomic mass is 32.1. The molecule has 0 radical (unpaired) electrons. The second-order valence-corrected chi connectivity index (χ2v) is 4.66. The van der Waals surface area contributed by atoms with Gasteiger partial charge in [-0.1, -0.05) is 0 Å². The zero-order valence-electron chi connectivity index (χ0n) is 9.47. The standard InChI is InChI=1S/C12H9F2NO3S/c13-12(14)18-7-3-1-6(2-4-7)9-5-8(15)10(19-9)11(16)17/h1-5,12H,15H2,(H,16,17). The minimum atomic E-state index is -2.87. The van der Waals surface area contributed by atoms with E-state index in [0.29, 0.717) is 10.4 Å². The summed E-state index contributed by atoms with van der Waals surface area (Å²) in [6.45, 7) is -2.87. The van der Waals surface area contributed by atoms with Crippen LogP contribution in [0, 0.1) is 0 Å². The highest BCUT2D eigenvalue weighted by molar-refractivity contribution is 7.17. The van der Waals surface area contributed by atoms with Crippen molar-refractivity contribution in [2.24, 2.45) is 0 Å². The Kier molecular flexibility index (Phi) is 3.66. The van der Waals surface area contributed by atoms with Crippen LogP contribution in [0.25, 0.3) is 10.4 Å². The number of carboxylic acids is 1. The number of hydrogen-bond donors (Lipinski definition) is 2. The molecule has 0 aliphatic carbocycles. The van der Waals surface area contributed by atoms with Crippen molar-refractivity contribution in [3.8, 4) is 16.2 Å². The highest BCUT2D eigenvalue weighted by Crippen LogP contribution is 2.34. The summed E-state index contributed by atoms with van der Waals surface area (Å²) in [7, 11) is 0. The number of nitrogens with two attached hydrogens (primary N) is 1. The van der Waals surface area contributed by atoms with Crippen molar-refractivity contribution < 1.29 is 23.4 Å². The molecule has 0 aliphatic rings. The van der Waals surface area contributed by atoms with E-state index < -0.39 is 12.6 Å². The van der Waals surface area contributed by atoms with E-state index in [0.717, 1.165) is 11.3 Å². The van der Waals surface area contributed by atoms with Crippen LogP contribution in [-0.2, 0) is 0 Å². The van der Waals surface area contributed by atoms with E-state index in [1.807, 2.05) is 0 Å². The fraction of sp³-hybridized carbons (Fsp3) is 0.0833. The van der Waals surface area contributed by atoms with Crippen LogP contribution < -0.4 is 10.5 Å². The summed E-state index contributed by atoms with van der Waals surface area (Å²) in [5.41, 5.74) is 6.45. The van der Waals surface area contributed by atoms with Gasteiger partial charge < -0.3 is 15.6 Å². The number of ether oxygens (including phenoxy) is 1. The number of anilines is 1. The number of thiophene rings is 1. The summed E-state index contributed by atoms with van der Waals surface area (Å²) in [4.78, 5) is 11.6. The molecule has 0 saturated heterocycles. The Morgan fingerprint density at radius 3 is 2.42 bits per heavy atom. The lowest BCUT2D eigenvalue weighted by atomic mass is 10.2. The van der Waals surface area contributed by atoms with Crippen LogP contribution in [-0.4, -0.2) is 17.7 Å².